The van der Waals surface area contributed by atoms with E-state index in [9.17, 15) is 0 Å². The minimum absolute atomic E-state index is 0.341. The minimum atomic E-state index is 0.341. The fourth-order valence-corrected chi connectivity index (χ4v) is 2.95. The Bertz CT molecular complexity index is 755. The quantitative estimate of drug-likeness (QED) is 0.584. The van der Waals surface area contributed by atoms with E-state index in [1.165, 1.54) is 0 Å². The Morgan fingerprint density at radius 1 is 1.21 bits per heavy atom. The smallest absolute Gasteiger partial charge is 0.129 e. The third-order valence-corrected chi connectivity index (χ3v) is 4.20. The Morgan fingerprint density at radius 2 is 2.05 bits per heavy atom. The lowest BCUT2D eigenvalue weighted by Gasteiger charge is -2.10. The zero-order valence-corrected chi connectivity index (χ0v) is 13.6. The highest BCUT2D eigenvalue weighted by Gasteiger charge is 2.14. The van der Waals surface area contributed by atoms with Crippen LogP contribution in [0.4, 0.5) is 0 Å². The van der Waals surface area contributed by atoms with Gasteiger partial charge in [-0.05, 0) is 40.2 Å². The Morgan fingerprint density at radius 3 is 2.84 bits per heavy atom. The molecular formula is C13H8Br2ClN3. The van der Waals surface area contributed by atoms with Crippen LogP contribution in [0, 0.1) is 0 Å². The highest BCUT2D eigenvalue weighted by molar-refractivity contribution is 9.11. The average molecular weight is 401 g/mol. The summed E-state index contributed by atoms with van der Waals surface area (Å²) in [5.41, 5.74) is 2.83. The van der Waals surface area contributed by atoms with Crippen LogP contribution in [0.3, 0.4) is 0 Å². The summed E-state index contributed by atoms with van der Waals surface area (Å²) in [5, 5.41) is 0. The Balaban J connectivity index is 2.37. The molecule has 0 aliphatic heterocycles. The van der Waals surface area contributed by atoms with Crippen molar-refractivity contribution in [1.82, 2.24) is 14.5 Å². The van der Waals surface area contributed by atoms with Gasteiger partial charge in [-0.15, -0.1) is 11.6 Å². The Hall–Kier alpha value is -0.910. The fourth-order valence-electron chi connectivity index (χ4n) is 2.00. The predicted octanol–water partition coefficient (Wildman–Crippen LogP) is 4.68. The normalized spacial score (nSPS) is 11.1. The largest absolute Gasteiger partial charge is 0.294 e. The molecule has 0 N–H and O–H groups in total. The maximum atomic E-state index is 6.01. The number of nitrogens with zero attached hydrogens (tertiary/aromatic N) is 3. The third-order valence-electron chi connectivity index (χ3n) is 2.79. The average Bonchev–Trinajstić information content (AvgIpc) is 2.80. The molecule has 0 aliphatic carbocycles. The third kappa shape index (κ3) is 2.30. The van der Waals surface area contributed by atoms with Crippen molar-refractivity contribution >= 4 is 54.5 Å². The van der Waals surface area contributed by atoms with Gasteiger partial charge in [-0.25, -0.2) is 4.98 Å². The van der Waals surface area contributed by atoms with Crippen LogP contribution >= 0.6 is 43.5 Å². The lowest BCUT2D eigenvalue weighted by Crippen LogP contribution is -2.00. The summed E-state index contributed by atoms with van der Waals surface area (Å²) in [6, 6.07) is 7.94. The summed E-state index contributed by atoms with van der Waals surface area (Å²) in [5.74, 6) is 1.14. The summed E-state index contributed by atoms with van der Waals surface area (Å²) in [7, 11) is 0. The summed E-state index contributed by atoms with van der Waals surface area (Å²) in [6.45, 7) is 0. The van der Waals surface area contributed by atoms with E-state index in [0.29, 0.717) is 5.88 Å². The number of alkyl halides is 1. The summed E-state index contributed by atoms with van der Waals surface area (Å²) < 4.78 is 4.03. The van der Waals surface area contributed by atoms with Gasteiger partial charge in [0.15, 0.2) is 0 Å². The second-order valence-corrected chi connectivity index (χ2v) is 5.99. The fraction of sp³-hybridized carbons (Fsp3) is 0.0769. The first-order chi connectivity index (χ1) is 9.20. The Labute approximate surface area is 131 Å². The zero-order chi connectivity index (χ0) is 13.4. The number of aromatic nitrogens is 3. The van der Waals surface area contributed by atoms with E-state index in [1.54, 1.807) is 12.4 Å². The number of hydrogen-bond acceptors (Lipinski definition) is 2. The molecular weight excluding hydrogens is 393 g/mol. The van der Waals surface area contributed by atoms with Crippen LogP contribution in [-0.4, -0.2) is 14.5 Å². The topological polar surface area (TPSA) is 30.7 Å². The van der Waals surface area contributed by atoms with Crippen molar-refractivity contribution < 1.29 is 0 Å². The molecule has 0 unspecified atom stereocenters. The summed E-state index contributed by atoms with van der Waals surface area (Å²) in [6.07, 6.45) is 3.50. The number of pyridine rings is 1. The maximum absolute atomic E-state index is 6.01. The van der Waals surface area contributed by atoms with E-state index in [-0.39, 0.29) is 0 Å². The SMILES string of the molecule is ClCc1nc2cnccc2n1-c1cc(Br)ccc1Br. The van der Waals surface area contributed by atoms with Gasteiger partial charge in [0.2, 0.25) is 0 Å². The molecule has 3 aromatic rings. The van der Waals surface area contributed by atoms with Crippen LogP contribution in [0.25, 0.3) is 16.7 Å². The molecule has 6 heteroatoms. The molecule has 3 rings (SSSR count). The molecule has 0 aliphatic rings. The number of halogens is 3. The zero-order valence-electron chi connectivity index (χ0n) is 9.65. The van der Waals surface area contributed by atoms with Gasteiger partial charge in [0.05, 0.1) is 23.3 Å². The van der Waals surface area contributed by atoms with Gasteiger partial charge in [0.1, 0.15) is 11.3 Å². The van der Waals surface area contributed by atoms with Crippen molar-refractivity contribution in [2.24, 2.45) is 0 Å². The molecule has 0 bridgehead atoms. The van der Waals surface area contributed by atoms with Gasteiger partial charge >= 0.3 is 0 Å². The molecule has 0 atom stereocenters. The van der Waals surface area contributed by atoms with Crippen molar-refractivity contribution in [3.63, 3.8) is 0 Å². The Kier molecular flexibility index (Phi) is 3.60. The van der Waals surface area contributed by atoms with Crippen molar-refractivity contribution in [3.8, 4) is 5.69 Å². The second kappa shape index (κ2) is 5.23. The van der Waals surface area contributed by atoms with Crippen molar-refractivity contribution in [2.45, 2.75) is 5.88 Å². The van der Waals surface area contributed by atoms with Crippen molar-refractivity contribution in [3.05, 3.63) is 51.4 Å². The monoisotopic (exact) mass is 399 g/mol. The van der Waals surface area contributed by atoms with E-state index in [1.807, 2.05) is 28.8 Å². The standard InChI is InChI=1S/C13H8Br2ClN3/c14-8-1-2-9(15)12(5-8)19-11-3-4-17-7-10(11)18-13(19)6-16/h1-5,7H,6H2. The van der Waals surface area contributed by atoms with Gasteiger partial charge in [-0.2, -0.15) is 0 Å². The molecule has 0 radical (unpaired) electrons. The summed E-state index contributed by atoms with van der Waals surface area (Å²) in [4.78, 5) is 8.61. The van der Waals surface area contributed by atoms with E-state index >= 15 is 0 Å². The molecule has 0 amide bonds. The van der Waals surface area contributed by atoms with Gasteiger partial charge < -0.3 is 0 Å². The van der Waals surface area contributed by atoms with Crippen LogP contribution in [0.2, 0.25) is 0 Å². The predicted molar refractivity (Wildman–Crippen MR) is 83.8 cm³/mol. The first-order valence-corrected chi connectivity index (χ1v) is 7.65. The van der Waals surface area contributed by atoms with Gasteiger partial charge in [0, 0.05) is 15.1 Å². The number of hydrogen-bond donors (Lipinski definition) is 0. The molecule has 1 aromatic carbocycles. The maximum Gasteiger partial charge on any atom is 0.129 e. The molecule has 0 saturated carbocycles. The van der Waals surface area contributed by atoms with Crippen LogP contribution in [-0.2, 0) is 5.88 Å². The van der Waals surface area contributed by atoms with Crippen molar-refractivity contribution in [2.75, 3.05) is 0 Å². The molecule has 3 nitrogen and oxygen atoms in total. The molecule has 0 saturated heterocycles. The van der Waals surface area contributed by atoms with Crippen LogP contribution < -0.4 is 0 Å². The van der Waals surface area contributed by atoms with Crippen molar-refractivity contribution in [1.29, 1.82) is 0 Å². The van der Waals surface area contributed by atoms with Crippen LogP contribution in [0.15, 0.2) is 45.6 Å². The molecule has 19 heavy (non-hydrogen) atoms. The van der Waals surface area contributed by atoms with Gasteiger partial charge in [-0.1, -0.05) is 15.9 Å². The molecule has 2 heterocycles. The van der Waals surface area contributed by atoms with Gasteiger partial charge in [-0.3, -0.25) is 9.55 Å². The van der Waals surface area contributed by atoms with E-state index in [2.05, 4.69) is 41.8 Å². The molecule has 0 fully saturated rings. The first kappa shape index (κ1) is 13.1. The second-order valence-electron chi connectivity index (χ2n) is 3.96. The minimum Gasteiger partial charge on any atom is -0.294 e. The molecule has 96 valence electrons. The van der Waals surface area contributed by atoms with E-state index < -0.39 is 0 Å². The molecule has 2 aromatic heterocycles. The lowest BCUT2D eigenvalue weighted by molar-refractivity contribution is 0.976. The van der Waals surface area contributed by atoms with Crippen LogP contribution in [0.1, 0.15) is 5.82 Å². The van der Waals surface area contributed by atoms with E-state index in [4.69, 9.17) is 11.6 Å². The highest BCUT2D eigenvalue weighted by Crippen LogP contribution is 2.29. The highest BCUT2D eigenvalue weighted by atomic mass is 79.9. The number of rotatable bonds is 2. The lowest BCUT2D eigenvalue weighted by atomic mass is 10.3. The number of fused-ring (bicyclic) bond motifs is 1. The van der Waals surface area contributed by atoms with Crippen LogP contribution in [0.5, 0.6) is 0 Å². The molecule has 0 spiro atoms. The van der Waals surface area contributed by atoms with Gasteiger partial charge in [0.25, 0.3) is 0 Å². The number of imidazole rings is 1. The number of benzene rings is 1. The first-order valence-electron chi connectivity index (χ1n) is 5.53. The van der Waals surface area contributed by atoms with E-state index in [0.717, 1.165) is 31.5 Å². The summed E-state index contributed by atoms with van der Waals surface area (Å²) >= 11 is 13.1.